The maximum absolute atomic E-state index is 12.6. The summed E-state index contributed by atoms with van der Waals surface area (Å²) < 4.78 is 0. The molecule has 1 rings (SSSR count). The van der Waals surface area contributed by atoms with Crippen molar-refractivity contribution in [2.75, 3.05) is 13.1 Å². The first kappa shape index (κ1) is 18.2. The van der Waals surface area contributed by atoms with E-state index in [0.29, 0.717) is 31.0 Å². The molecule has 4 nitrogen and oxygen atoms in total. The second kappa shape index (κ2) is 8.57. The number of benzene rings is 1. The van der Waals surface area contributed by atoms with E-state index in [1.54, 1.807) is 11.0 Å². The molecule has 0 aliphatic carbocycles. The van der Waals surface area contributed by atoms with Gasteiger partial charge in [-0.05, 0) is 44.7 Å². The highest BCUT2D eigenvalue weighted by Gasteiger charge is 2.26. The van der Waals surface area contributed by atoms with Gasteiger partial charge in [-0.3, -0.25) is 9.59 Å². The van der Waals surface area contributed by atoms with Crippen LogP contribution < -0.4 is 5.32 Å². The first-order valence-electron chi connectivity index (χ1n) is 8.05. The molecular weight excluding hydrogens is 276 g/mol. The van der Waals surface area contributed by atoms with E-state index in [-0.39, 0.29) is 11.8 Å². The summed E-state index contributed by atoms with van der Waals surface area (Å²) in [5.41, 5.74) is 1.54. The Labute approximate surface area is 133 Å². The Balaban J connectivity index is 2.92. The molecule has 22 heavy (non-hydrogen) atoms. The van der Waals surface area contributed by atoms with Crippen LogP contribution in [0.2, 0.25) is 0 Å². The van der Waals surface area contributed by atoms with Crippen molar-refractivity contribution in [3.8, 4) is 0 Å². The minimum absolute atomic E-state index is 0.000587. The first-order chi connectivity index (χ1) is 10.4. The van der Waals surface area contributed by atoms with E-state index >= 15 is 0 Å². The standard InChI is InChI=1S/C18H28N2O2/c1-6-20(7-2)18(22)16(12-13(3)4)19-17(21)15-11-9-8-10-14(15)5/h8-11,13,16H,6-7,12H2,1-5H3,(H,19,21). The molecule has 2 amide bonds. The van der Waals surface area contributed by atoms with Crippen LogP contribution in [0.1, 0.15) is 50.0 Å². The van der Waals surface area contributed by atoms with Crippen LogP contribution in [-0.2, 0) is 4.79 Å². The molecule has 1 aromatic rings. The van der Waals surface area contributed by atoms with Crippen molar-refractivity contribution in [1.29, 1.82) is 0 Å². The first-order valence-corrected chi connectivity index (χ1v) is 8.05. The van der Waals surface area contributed by atoms with Gasteiger partial charge in [-0.2, -0.15) is 0 Å². The Kier molecular flexibility index (Phi) is 7.09. The zero-order valence-electron chi connectivity index (χ0n) is 14.3. The second-order valence-electron chi connectivity index (χ2n) is 5.98. The lowest BCUT2D eigenvalue weighted by molar-refractivity contribution is -0.133. The Hall–Kier alpha value is -1.84. The quantitative estimate of drug-likeness (QED) is 0.842. The third-order valence-corrected chi connectivity index (χ3v) is 3.78. The fraction of sp³-hybridized carbons (Fsp3) is 0.556. The zero-order valence-corrected chi connectivity index (χ0v) is 14.3. The summed E-state index contributed by atoms with van der Waals surface area (Å²) in [5, 5.41) is 2.92. The Morgan fingerprint density at radius 3 is 2.23 bits per heavy atom. The fourth-order valence-corrected chi connectivity index (χ4v) is 2.51. The molecule has 0 saturated carbocycles. The minimum Gasteiger partial charge on any atom is -0.341 e. The van der Waals surface area contributed by atoms with Gasteiger partial charge in [0.2, 0.25) is 5.91 Å². The number of rotatable bonds is 7. The SMILES string of the molecule is CCN(CC)C(=O)C(CC(C)C)NC(=O)c1ccccc1C. The monoisotopic (exact) mass is 304 g/mol. The van der Waals surface area contributed by atoms with Crippen molar-refractivity contribution in [2.24, 2.45) is 5.92 Å². The lowest BCUT2D eigenvalue weighted by Crippen LogP contribution is -2.49. The van der Waals surface area contributed by atoms with E-state index in [2.05, 4.69) is 19.2 Å². The van der Waals surface area contributed by atoms with E-state index in [1.807, 2.05) is 39.0 Å². The number of hydrogen-bond donors (Lipinski definition) is 1. The lowest BCUT2D eigenvalue weighted by atomic mass is 10.0. The van der Waals surface area contributed by atoms with Gasteiger partial charge in [0.15, 0.2) is 0 Å². The van der Waals surface area contributed by atoms with Crippen LogP contribution >= 0.6 is 0 Å². The number of likely N-dealkylation sites (N-methyl/N-ethyl adjacent to an activating group) is 1. The fourth-order valence-electron chi connectivity index (χ4n) is 2.51. The van der Waals surface area contributed by atoms with Crippen LogP contribution in [0, 0.1) is 12.8 Å². The summed E-state index contributed by atoms with van der Waals surface area (Å²) in [6, 6.07) is 6.97. The number of hydrogen-bond acceptors (Lipinski definition) is 2. The summed E-state index contributed by atoms with van der Waals surface area (Å²) in [6.45, 7) is 11.2. The zero-order chi connectivity index (χ0) is 16.7. The van der Waals surface area contributed by atoms with Gasteiger partial charge in [0, 0.05) is 18.7 Å². The molecule has 0 heterocycles. The van der Waals surface area contributed by atoms with Gasteiger partial charge in [-0.15, -0.1) is 0 Å². The molecule has 122 valence electrons. The topological polar surface area (TPSA) is 49.4 Å². The van der Waals surface area contributed by atoms with Crippen molar-refractivity contribution in [1.82, 2.24) is 10.2 Å². The number of amides is 2. The van der Waals surface area contributed by atoms with Gasteiger partial charge in [0.05, 0.1) is 0 Å². The molecular formula is C18H28N2O2. The number of carbonyl (C=O) groups is 2. The highest BCUT2D eigenvalue weighted by molar-refractivity contribution is 5.98. The molecule has 0 spiro atoms. The van der Waals surface area contributed by atoms with E-state index in [4.69, 9.17) is 0 Å². The molecule has 0 saturated heterocycles. The third-order valence-electron chi connectivity index (χ3n) is 3.78. The summed E-state index contributed by atoms with van der Waals surface area (Å²) >= 11 is 0. The predicted molar refractivity (Wildman–Crippen MR) is 89.8 cm³/mol. The van der Waals surface area contributed by atoms with E-state index in [9.17, 15) is 9.59 Å². The molecule has 0 fully saturated rings. The maximum Gasteiger partial charge on any atom is 0.252 e. The minimum atomic E-state index is -0.466. The maximum atomic E-state index is 12.6. The number of aryl methyl sites for hydroxylation is 1. The van der Waals surface area contributed by atoms with Crippen LogP contribution in [0.25, 0.3) is 0 Å². The largest absolute Gasteiger partial charge is 0.341 e. The smallest absolute Gasteiger partial charge is 0.252 e. The van der Waals surface area contributed by atoms with Gasteiger partial charge in [-0.25, -0.2) is 0 Å². The molecule has 1 N–H and O–H groups in total. The highest BCUT2D eigenvalue weighted by atomic mass is 16.2. The van der Waals surface area contributed by atoms with Gasteiger partial charge < -0.3 is 10.2 Å². The molecule has 1 unspecified atom stereocenters. The number of nitrogens with zero attached hydrogens (tertiary/aromatic N) is 1. The Bertz CT molecular complexity index is 508. The van der Waals surface area contributed by atoms with Gasteiger partial charge in [0.25, 0.3) is 5.91 Å². The van der Waals surface area contributed by atoms with Crippen LogP contribution in [0.15, 0.2) is 24.3 Å². The van der Waals surface area contributed by atoms with E-state index < -0.39 is 6.04 Å². The average Bonchev–Trinajstić information content (AvgIpc) is 2.47. The summed E-state index contributed by atoms with van der Waals surface area (Å²) in [6.07, 6.45) is 0.646. The van der Waals surface area contributed by atoms with Crippen LogP contribution in [0.3, 0.4) is 0 Å². The van der Waals surface area contributed by atoms with Crippen LogP contribution in [-0.4, -0.2) is 35.8 Å². The molecule has 0 aliphatic rings. The predicted octanol–water partition coefficient (Wildman–Crippen LogP) is 3.01. The Morgan fingerprint density at radius 2 is 1.73 bits per heavy atom. The summed E-state index contributed by atoms with van der Waals surface area (Å²) in [4.78, 5) is 26.9. The third kappa shape index (κ3) is 4.86. The van der Waals surface area contributed by atoms with Crippen molar-refractivity contribution in [3.63, 3.8) is 0 Å². The number of nitrogens with one attached hydrogen (secondary N) is 1. The molecule has 1 atom stereocenters. The summed E-state index contributed by atoms with van der Waals surface area (Å²) in [7, 11) is 0. The molecule has 0 aliphatic heterocycles. The average molecular weight is 304 g/mol. The van der Waals surface area contributed by atoms with Crippen LogP contribution in [0.5, 0.6) is 0 Å². The normalized spacial score (nSPS) is 12.1. The summed E-state index contributed by atoms with van der Waals surface area (Å²) in [5.74, 6) is 0.159. The molecule has 0 bridgehead atoms. The van der Waals surface area contributed by atoms with Crippen LogP contribution in [0.4, 0.5) is 0 Å². The Morgan fingerprint density at radius 1 is 1.14 bits per heavy atom. The van der Waals surface area contributed by atoms with Gasteiger partial charge in [0.1, 0.15) is 6.04 Å². The van der Waals surface area contributed by atoms with Gasteiger partial charge >= 0.3 is 0 Å². The van der Waals surface area contributed by atoms with E-state index in [0.717, 1.165) is 5.56 Å². The van der Waals surface area contributed by atoms with Crippen molar-refractivity contribution in [3.05, 3.63) is 35.4 Å². The highest BCUT2D eigenvalue weighted by Crippen LogP contribution is 2.11. The lowest BCUT2D eigenvalue weighted by Gasteiger charge is -2.27. The molecule has 1 aromatic carbocycles. The van der Waals surface area contributed by atoms with Gasteiger partial charge in [-0.1, -0.05) is 32.0 Å². The molecule has 0 aromatic heterocycles. The molecule has 0 radical (unpaired) electrons. The molecule has 4 heteroatoms. The van der Waals surface area contributed by atoms with E-state index in [1.165, 1.54) is 0 Å². The second-order valence-corrected chi connectivity index (χ2v) is 5.98. The van der Waals surface area contributed by atoms with Crippen molar-refractivity contribution >= 4 is 11.8 Å². The van der Waals surface area contributed by atoms with Crippen molar-refractivity contribution in [2.45, 2.75) is 47.1 Å². The van der Waals surface area contributed by atoms with Crippen molar-refractivity contribution < 1.29 is 9.59 Å². The number of carbonyl (C=O) groups excluding carboxylic acids is 2.